The van der Waals surface area contributed by atoms with E-state index < -0.39 is 27.9 Å². The summed E-state index contributed by atoms with van der Waals surface area (Å²) in [7, 11) is -1.52. The molecule has 5 nitrogen and oxygen atoms in total. The van der Waals surface area contributed by atoms with Gasteiger partial charge in [0.15, 0.2) is 0 Å². The van der Waals surface area contributed by atoms with Gasteiger partial charge in [-0.15, -0.1) is 0 Å². The normalized spacial score (nSPS) is 13.1. The zero-order chi connectivity index (χ0) is 18.6. The van der Waals surface area contributed by atoms with Crippen LogP contribution in [0.1, 0.15) is 22.8 Å². The molecule has 0 fully saturated rings. The Morgan fingerprint density at radius 1 is 1.16 bits per heavy atom. The van der Waals surface area contributed by atoms with Crippen LogP contribution in [0.5, 0.6) is 0 Å². The number of hydrogen-bond acceptors (Lipinski definition) is 3. The third-order valence-electron chi connectivity index (χ3n) is 3.38. The predicted molar refractivity (Wildman–Crippen MR) is 99.8 cm³/mol. The lowest BCUT2D eigenvalue weighted by Crippen LogP contribution is -2.29. The number of rotatable bonds is 6. The first-order chi connectivity index (χ1) is 11.8. The average molecular weight is 400 g/mol. The number of carbonyl (C=O) groups excluding carboxylic acids is 1. The minimum absolute atomic E-state index is 0.0754. The van der Waals surface area contributed by atoms with Crippen LogP contribution in [-0.2, 0) is 21.3 Å². The van der Waals surface area contributed by atoms with E-state index >= 15 is 0 Å². The minimum atomic E-state index is -1.52. The zero-order valence-electron chi connectivity index (χ0n) is 13.2. The summed E-state index contributed by atoms with van der Waals surface area (Å²) in [6.45, 7) is 1.54. The topological polar surface area (TPSA) is 83.5 Å². The summed E-state index contributed by atoms with van der Waals surface area (Å²) in [5, 5.41) is 11.6. The Kier molecular flexibility index (Phi) is 6.58. The molecule has 0 bridgehead atoms. The fourth-order valence-electron chi connectivity index (χ4n) is 2.07. The van der Waals surface area contributed by atoms with E-state index in [1.807, 2.05) is 0 Å². The van der Waals surface area contributed by atoms with E-state index in [0.29, 0.717) is 21.3 Å². The quantitative estimate of drug-likeness (QED) is 0.769. The van der Waals surface area contributed by atoms with Gasteiger partial charge < -0.3 is 10.4 Å². The molecule has 2 atom stereocenters. The van der Waals surface area contributed by atoms with Crippen LogP contribution in [0.4, 0.5) is 5.69 Å². The van der Waals surface area contributed by atoms with Crippen molar-refractivity contribution >= 4 is 51.6 Å². The largest absolute Gasteiger partial charge is 0.478 e. The molecule has 0 saturated heterocycles. The van der Waals surface area contributed by atoms with Crippen molar-refractivity contribution < 1.29 is 18.9 Å². The Balaban J connectivity index is 2.04. The lowest BCUT2D eigenvalue weighted by Gasteiger charge is -2.13. The van der Waals surface area contributed by atoms with Crippen molar-refractivity contribution in [2.45, 2.75) is 17.9 Å². The summed E-state index contributed by atoms with van der Waals surface area (Å²) in [5.74, 6) is -1.42. The molecular formula is C17H15Cl2NO4S. The van der Waals surface area contributed by atoms with Gasteiger partial charge in [0, 0.05) is 32.3 Å². The van der Waals surface area contributed by atoms with Crippen molar-refractivity contribution in [3.05, 3.63) is 63.6 Å². The second-order valence-electron chi connectivity index (χ2n) is 5.32. The van der Waals surface area contributed by atoms with E-state index in [-0.39, 0.29) is 11.3 Å². The van der Waals surface area contributed by atoms with Crippen molar-refractivity contribution in [2.75, 3.05) is 5.32 Å². The van der Waals surface area contributed by atoms with Crippen LogP contribution in [0.15, 0.2) is 42.5 Å². The average Bonchev–Trinajstić information content (AvgIpc) is 2.53. The molecule has 0 saturated carbocycles. The predicted octanol–water partition coefficient (Wildman–Crippen LogP) is 3.97. The number of anilines is 1. The maximum atomic E-state index is 12.4. The molecule has 25 heavy (non-hydrogen) atoms. The highest BCUT2D eigenvalue weighted by atomic mass is 35.5. The molecule has 0 aliphatic heterocycles. The summed E-state index contributed by atoms with van der Waals surface area (Å²) in [6, 6.07) is 10.8. The number of halogens is 2. The second-order valence-corrected chi connectivity index (χ2v) is 7.95. The third kappa shape index (κ3) is 5.56. The Morgan fingerprint density at radius 2 is 1.80 bits per heavy atom. The second kappa shape index (κ2) is 8.47. The first-order valence-corrected chi connectivity index (χ1v) is 9.36. The standard InChI is InChI=1S/C17H15Cl2NO4S/c1-10(16(21)20-15-7-13(18)6-14(19)8-15)25(24)9-11-3-2-4-12(5-11)17(22)23/h2-8,10H,9H2,1H3,(H,20,21)(H,22,23). The van der Waals surface area contributed by atoms with Gasteiger partial charge in [-0.2, -0.15) is 0 Å². The highest BCUT2D eigenvalue weighted by Gasteiger charge is 2.21. The highest BCUT2D eigenvalue weighted by molar-refractivity contribution is 7.85. The number of nitrogens with one attached hydrogen (secondary N) is 1. The van der Waals surface area contributed by atoms with Gasteiger partial charge in [0.1, 0.15) is 5.25 Å². The van der Waals surface area contributed by atoms with Crippen LogP contribution < -0.4 is 5.32 Å². The maximum absolute atomic E-state index is 12.4. The Hall–Kier alpha value is -1.89. The molecule has 2 aromatic rings. The number of carbonyl (C=O) groups is 2. The Morgan fingerprint density at radius 3 is 2.40 bits per heavy atom. The van der Waals surface area contributed by atoms with Crippen LogP contribution in [0.3, 0.4) is 0 Å². The number of amides is 1. The summed E-state index contributed by atoms with van der Waals surface area (Å²) >= 11 is 11.8. The number of aromatic carboxylic acids is 1. The lowest BCUT2D eigenvalue weighted by atomic mass is 10.1. The summed E-state index contributed by atoms with van der Waals surface area (Å²) < 4.78 is 12.4. The van der Waals surface area contributed by atoms with Gasteiger partial charge in [-0.25, -0.2) is 4.79 Å². The Bertz CT molecular complexity index is 821. The molecule has 0 aliphatic carbocycles. The first-order valence-electron chi connectivity index (χ1n) is 7.22. The van der Waals surface area contributed by atoms with Crippen LogP contribution in [0.2, 0.25) is 10.0 Å². The van der Waals surface area contributed by atoms with E-state index in [4.69, 9.17) is 28.3 Å². The molecule has 2 unspecified atom stereocenters. The summed E-state index contributed by atoms with van der Waals surface area (Å²) in [5.41, 5.74) is 1.11. The SMILES string of the molecule is CC(C(=O)Nc1cc(Cl)cc(Cl)c1)S(=O)Cc1cccc(C(=O)O)c1. The fraction of sp³-hybridized carbons (Fsp3) is 0.176. The van der Waals surface area contributed by atoms with E-state index in [0.717, 1.165) is 0 Å². The molecule has 8 heteroatoms. The number of carboxylic acid groups (broad SMARTS) is 1. The van der Waals surface area contributed by atoms with E-state index in [1.165, 1.54) is 30.3 Å². The maximum Gasteiger partial charge on any atom is 0.335 e. The number of benzene rings is 2. The van der Waals surface area contributed by atoms with Gasteiger partial charge in [0.2, 0.25) is 5.91 Å². The molecular weight excluding hydrogens is 385 g/mol. The molecule has 2 rings (SSSR count). The summed E-state index contributed by atoms with van der Waals surface area (Å²) in [4.78, 5) is 23.2. The minimum Gasteiger partial charge on any atom is -0.478 e. The van der Waals surface area contributed by atoms with Crippen LogP contribution in [-0.4, -0.2) is 26.4 Å². The van der Waals surface area contributed by atoms with Crippen LogP contribution in [0, 0.1) is 0 Å². The van der Waals surface area contributed by atoms with Crippen molar-refractivity contribution in [2.24, 2.45) is 0 Å². The Labute approximate surface area is 157 Å². The van der Waals surface area contributed by atoms with Crippen LogP contribution >= 0.6 is 23.2 Å². The van der Waals surface area contributed by atoms with Gasteiger partial charge in [0.05, 0.1) is 5.56 Å². The first kappa shape index (κ1) is 19.4. The molecule has 0 aromatic heterocycles. The highest BCUT2D eigenvalue weighted by Crippen LogP contribution is 2.23. The van der Waals surface area contributed by atoms with Crippen LogP contribution in [0.25, 0.3) is 0 Å². The van der Waals surface area contributed by atoms with Gasteiger partial charge in [-0.1, -0.05) is 35.3 Å². The molecule has 2 N–H and O–H groups in total. The van der Waals surface area contributed by atoms with Crippen molar-refractivity contribution in [1.29, 1.82) is 0 Å². The van der Waals surface area contributed by atoms with Gasteiger partial charge in [0.25, 0.3) is 0 Å². The van der Waals surface area contributed by atoms with Gasteiger partial charge >= 0.3 is 5.97 Å². The lowest BCUT2D eigenvalue weighted by molar-refractivity contribution is -0.115. The molecule has 0 spiro atoms. The fourth-order valence-corrected chi connectivity index (χ4v) is 3.65. The molecule has 0 heterocycles. The van der Waals surface area contributed by atoms with Crippen molar-refractivity contribution in [3.8, 4) is 0 Å². The number of hydrogen-bond donors (Lipinski definition) is 2. The monoisotopic (exact) mass is 399 g/mol. The third-order valence-corrected chi connectivity index (χ3v) is 5.43. The van der Waals surface area contributed by atoms with E-state index in [2.05, 4.69) is 5.32 Å². The molecule has 1 amide bonds. The smallest absolute Gasteiger partial charge is 0.335 e. The molecule has 2 aromatic carbocycles. The molecule has 132 valence electrons. The van der Waals surface area contributed by atoms with E-state index in [1.54, 1.807) is 19.1 Å². The zero-order valence-corrected chi connectivity index (χ0v) is 15.5. The van der Waals surface area contributed by atoms with Crippen molar-refractivity contribution in [1.82, 2.24) is 0 Å². The van der Waals surface area contributed by atoms with Gasteiger partial charge in [-0.3, -0.25) is 9.00 Å². The van der Waals surface area contributed by atoms with E-state index in [9.17, 15) is 13.8 Å². The summed E-state index contributed by atoms with van der Waals surface area (Å²) in [6.07, 6.45) is 0. The number of carboxylic acids is 1. The molecule has 0 radical (unpaired) electrons. The van der Waals surface area contributed by atoms with Gasteiger partial charge in [-0.05, 0) is 42.8 Å². The van der Waals surface area contributed by atoms with Crippen molar-refractivity contribution in [3.63, 3.8) is 0 Å². The molecule has 0 aliphatic rings.